The predicted molar refractivity (Wildman–Crippen MR) is 86.0 cm³/mol. The number of allylic oxidation sites excluding steroid dienone is 1. The topological polar surface area (TPSA) is 55.4 Å². The fraction of sp³-hybridized carbons (Fsp3) is 0.714. The van der Waals surface area contributed by atoms with Gasteiger partial charge in [0.05, 0.1) is 6.61 Å². The summed E-state index contributed by atoms with van der Waals surface area (Å²) in [4.78, 5) is 22.9. The molecule has 9 heteroatoms. The van der Waals surface area contributed by atoms with Gasteiger partial charge in [0.25, 0.3) is 0 Å². The molecule has 0 aliphatic carbocycles. The molecule has 23 heavy (non-hydrogen) atoms. The quantitative estimate of drug-likeness (QED) is 0.220. The molecule has 0 aromatic rings. The molecule has 0 unspecified atom stereocenters. The van der Waals surface area contributed by atoms with Crippen molar-refractivity contribution in [1.29, 1.82) is 0 Å². The fourth-order valence-electron chi connectivity index (χ4n) is 1.39. The molecule has 1 amide bonds. The molecule has 4 nitrogen and oxygen atoms in total. The Balaban J connectivity index is 4.76. The predicted octanol–water partition coefficient (Wildman–Crippen LogP) is 3.84. The van der Waals surface area contributed by atoms with Crippen molar-refractivity contribution in [2.75, 3.05) is 12.5 Å². The van der Waals surface area contributed by atoms with Gasteiger partial charge in [-0.3, -0.25) is 4.79 Å². The van der Waals surface area contributed by atoms with E-state index in [4.69, 9.17) is 16.3 Å². The number of hydrogen-bond donors (Lipinski definition) is 1. The molecule has 134 valence electrons. The number of carbonyl (C=O) groups excluding carboxylic acids is 2. The fourth-order valence-corrected chi connectivity index (χ4v) is 2.29. The Morgan fingerprint density at radius 2 is 1.83 bits per heavy atom. The van der Waals surface area contributed by atoms with E-state index in [0.717, 1.165) is 0 Å². The highest BCUT2D eigenvalue weighted by molar-refractivity contribution is 6.76. The van der Waals surface area contributed by atoms with Crippen LogP contribution in [0.2, 0.25) is 25.7 Å². The van der Waals surface area contributed by atoms with E-state index in [9.17, 15) is 22.8 Å². The molecule has 0 saturated heterocycles. The zero-order valence-corrected chi connectivity index (χ0v) is 15.3. The second-order valence-corrected chi connectivity index (χ2v) is 12.2. The average molecular weight is 374 g/mol. The second-order valence-electron chi connectivity index (χ2n) is 6.20. The Morgan fingerprint density at radius 3 is 2.30 bits per heavy atom. The lowest BCUT2D eigenvalue weighted by Crippen LogP contribution is -2.38. The van der Waals surface area contributed by atoms with E-state index in [1.807, 2.05) is 0 Å². The smallest absolute Gasteiger partial charge is 0.461 e. The lowest BCUT2D eigenvalue weighted by atomic mass is 10.2. The maximum Gasteiger partial charge on any atom is 0.471 e. The molecule has 0 heterocycles. The first-order valence-corrected chi connectivity index (χ1v) is 11.5. The number of unbranched alkanes of at least 4 members (excludes halogenated alkanes) is 2. The summed E-state index contributed by atoms with van der Waals surface area (Å²) in [6.07, 6.45) is -2.25. The Hall–Kier alpha value is -1.02. The normalized spacial score (nSPS) is 12.9. The van der Waals surface area contributed by atoms with E-state index < -0.39 is 31.8 Å². The Kier molecular flexibility index (Phi) is 9.53. The van der Waals surface area contributed by atoms with Crippen molar-refractivity contribution >= 4 is 31.6 Å². The van der Waals surface area contributed by atoms with Gasteiger partial charge in [-0.1, -0.05) is 25.7 Å². The van der Waals surface area contributed by atoms with Gasteiger partial charge in [-0.15, -0.1) is 11.6 Å². The Labute approximate surface area is 140 Å². The highest BCUT2D eigenvalue weighted by Crippen LogP contribution is 2.16. The van der Waals surface area contributed by atoms with Crippen LogP contribution in [0.5, 0.6) is 0 Å². The number of alkyl halides is 4. The van der Waals surface area contributed by atoms with E-state index in [-0.39, 0.29) is 6.61 Å². The van der Waals surface area contributed by atoms with Crippen LogP contribution in [0.4, 0.5) is 13.2 Å². The molecule has 0 aromatic heterocycles. The molecular formula is C14H23ClF3NO3Si. The van der Waals surface area contributed by atoms with Crippen LogP contribution in [0.15, 0.2) is 11.8 Å². The number of rotatable bonds is 9. The van der Waals surface area contributed by atoms with Gasteiger partial charge in [-0.25, -0.2) is 4.79 Å². The van der Waals surface area contributed by atoms with Gasteiger partial charge in [-0.05, 0) is 25.3 Å². The van der Waals surface area contributed by atoms with Gasteiger partial charge in [-0.2, -0.15) is 13.2 Å². The van der Waals surface area contributed by atoms with Crippen LogP contribution in [-0.4, -0.2) is 38.6 Å². The van der Waals surface area contributed by atoms with E-state index in [2.05, 4.69) is 19.6 Å². The van der Waals surface area contributed by atoms with Crippen molar-refractivity contribution in [3.8, 4) is 0 Å². The van der Waals surface area contributed by atoms with Crippen LogP contribution in [0.25, 0.3) is 0 Å². The molecule has 0 aliphatic rings. The van der Waals surface area contributed by atoms with Gasteiger partial charge >= 0.3 is 18.1 Å². The molecule has 0 saturated carbocycles. The number of amides is 1. The molecule has 1 N–H and O–H groups in total. The lowest BCUT2D eigenvalue weighted by Gasteiger charge is -2.16. The first kappa shape index (κ1) is 22.0. The van der Waals surface area contributed by atoms with E-state index in [1.165, 1.54) is 6.08 Å². The summed E-state index contributed by atoms with van der Waals surface area (Å²) < 4.78 is 41.9. The van der Waals surface area contributed by atoms with Gasteiger partial charge in [0.15, 0.2) is 0 Å². The van der Waals surface area contributed by atoms with E-state index in [1.54, 1.807) is 5.32 Å². The minimum absolute atomic E-state index is 0.120. The van der Waals surface area contributed by atoms with Gasteiger partial charge in [0, 0.05) is 14.0 Å². The second kappa shape index (κ2) is 9.97. The molecule has 0 spiro atoms. The van der Waals surface area contributed by atoms with Crippen LogP contribution in [0.1, 0.15) is 19.3 Å². The molecule has 0 bridgehead atoms. The molecule has 0 radical (unpaired) electrons. The largest absolute Gasteiger partial charge is 0.471 e. The molecular weight excluding hydrogens is 351 g/mol. The highest BCUT2D eigenvalue weighted by Gasteiger charge is 2.39. The zero-order chi connectivity index (χ0) is 18.1. The van der Waals surface area contributed by atoms with Crippen molar-refractivity contribution in [3.05, 3.63) is 11.8 Å². The zero-order valence-electron chi connectivity index (χ0n) is 13.6. The summed E-state index contributed by atoms with van der Waals surface area (Å²) in [5.41, 5.74) is -0.475. The minimum Gasteiger partial charge on any atom is -0.461 e. The number of nitrogens with one attached hydrogen (secondary N) is 1. The summed E-state index contributed by atoms with van der Waals surface area (Å²) >= 11 is 5.51. The maximum atomic E-state index is 12.3. The van der Waals surface area contributed by atoms with Crippen molar-refractivity contribution in [2.24, 2.45) is 0 Å². The monoisotopic (exact) mass is 373 g/mol. The number of esters is 1. The minimum atomic E-state index is -5.06. The first-order valence-electron chi connectivity index (χ1n) is 7.29. The molecule has 0 fully saturated rings. The third-order valence-corrected chi connectivity index (χ3v) is 4.72. The molecule has 0 atom stereocenters. The SMILES string of the molecule is C[Si](C)(C)CCOC(=O)/C(=C/CCCCCl)NC(=O)C(F)(F)F. The highest BCUT2D eigenvalue weighted by atomic mass is 35.5. The van der Waals surface area contributed by atoms with E-state index in [0.29, 0.717) is 31.2 Å². The van der Waals surface area contributed by atoms with Gasteiger partial charge in [0.1, 0.15) is 5.70 Å². The van der Waals surface area contributed by atoms with Crippen molar-refractivity contribution in [1.82, 2.24) is 5.32 Å². The van der Waals surface area contributed by atoms with Gasteiger partial charge < -0.3 is 10.1 Å². The van der Waals surface area contributed by atoms with Gasteiger partial charge in [0.2, 0.25) is 0 Å². The van der Waals surface area contributed by atoms with Crippen LogP contribution in [-0.2, 0) is 14.3 Å². The van der Waals surface area contributed by atoms with E-state index >= 15 is 0 Å². The molecule has 0 rings (SSSR count). The lowest BCUT2D eigenvalue weighted by molar-refractivity contribution is -0.173. The van der Waals surface area contributed by atoms with Crippen molar-refractivity contribution in [3.63, 3.8) is 0 Å². The van der Waals surface area contributed by atoms with Crippen LogP contribution < -0.4 is 5.32 Å². The van der Waals surface area contributed by atoms with Crippen LogP contribution in [0, 0.1) is 0 Å². The number of ether oxygens (including phenoxy) is 1. The summed E-state index contributed by atoms with van der Waals surface area (Å²) in [6.45, 7) is 6.36. The summed E-state index contributed by atoms with van der Waals surface area (Å²) in [5, 5.41) is 1.58. The Morgan fingerprint density at radius 1 is 1.22 bits per heavy atom. The number of carbonyl (C=O) groups is 2. The third-order valence-electron chi connectivity index (χ3n) is 2.75. The number of halogens is 4. The molecule has 0 aliphatic heterocycles. The summed E-state index contributed by atoms with van der Waals surface area (Å²) in [7, 11) is -1.44. The van der Waals surface area contributed by atoms with Crippen molar-refractivity contribution < 1.29 is 27.5 Å². The molecule has 0 aromatic carbocycles. The van der Waals surface area contributed by atoms with Crippen LogP contribution in [0.3, 0.4) is 0 Å². The standard InChI is InChI=1S/C14H23ClF3NO3Si/c1-23(2,3)10-9-22-12(20)11(7-5-4-6-8-15)19-13(21)14(16,17)18/h7H,4-6,8-10H2,1-3H3,(H,19,21)/b11-7-. The average Bonchev–Trinajstić information content (AvgIpc) is 2.39. The summed E-state index contributed by atoms with van der Waals surface area (Å²) in [5.74, 6) is -2.73. The third kappa shape index (κ3) is 11.2. The number of hydrogen-bond acceptors (Lipinski definition) is 3. The maximum absolute atomic E-state index is 12.3. The van der Waals surface area contributed by atoms with Crippen molar-refractivity contribution in [2.45, 2.75) is 51.1 Å². The first-order chi connectivity index (χ1) is 10.5. The van der Waals surface area contributed by atoms with Crippen LogP contribution >= 0.6 is 11.6 Å². The Bertz CT molecular complexity index is 434. The summed E-state index contributed by atoms with van der Waals surface area (Å²) in [6, 6.07) is 0.686.